The van der Waals surface area contributed by atoms with Crippen LogP contribution in [-0.2, 0) is 26.0 Å². The van der Waals surface area contributed by atoms with Gasteiger partial charge in [0.1, 0.15) is 11.4 Å². The molecule has 1 amide bonds. The number of morpholine rings is 1. The summed E-state index contributed by atoms with van der Waals surface area (Å²) in [5.74, 6) is -0.503. The van der Waals surface area contributed by atoms with Gasteiger partial charge in [0.25, 0.3) is 10.0 Å². The van der Waals surface area contributed by atoms with Gasteiger partial charge in [-0.1, -0.05) is 12.1 Å². The molecule has 0 radical (unpaired) electrons. The molecule has 1 aromatic carbocycles. The molecule has 0 bridgehead atoms. The van der Waals surface area contributed by atoms with Gasteiger partial charge in [0.05, 0.1) is 44.1 Å². The van der Waals surface area contributed by atoms with Crippen LogP contribution in [0.25, 0.3) is 11.1 Å². The number of benzene rings is 1. The standard InChI is InChI=1S/C33H43FN6O6S/c1-22-19-38(20-23(2)40(22)32(41)46-33(3,4)5)21-24-7-8-28(29(34)13-24)25-14-26(17-35-16-25)37-47(42,43)30-15-27(18-36-31(30)44-6)39-9-11-45-12-10-39/h7-8,13-18,22-23,37H,9-12,19-21H2,1-6H3/t22-,23-/m1/s1. The molecule has 5 rings (SSSR count). The van der Waals surface area contributed by atoms with E-state index in [1.165, 1.54) is 37.7 Å². The molecule has 2 aliphatic heterocycles. The van der Waals surface area contributed by atoms with Crippen molar-refractivity contribution < 1.29 is 31.8 Å². The van der Waals surface area contributed by atoms with E-state index in [2.05, 4.69) is 19.6 Å². The lowest BCUT2D eigenvalue weighted by molar-refractivity contribution is -0.0162. The Hall–Kier alpha value is -4.01. The average molecular weight is 671 g/mol. The van der Waals surface area contributed by atoms with E-state index in [0.717, 1.165) is 5.56 Å². The maximum Gasteiger partial charge on any atom is 0.410 e. The number of carbonyl (C=O) groups is 1. The van der Waals surface area contributed by atoms with Gasteiger partial charge in [-0.25, -0.2) is 22.6 Å². The van der Waals surface area contributed by atoms with Crippen LogP contribution in [0.3, 0.4) is 0 Å². The highest BCUT2D eigenvalue weighted by Crippen LogP contribution is 2.31. The number of nitrogens with zero attached hydrogens (tertiary/aromatic N) is 5. The van der Waals surface area contributed by atoms with E-state index < -0.39 is 21.4 Å². The molecule has 1 N–H and O–H groups in total. The first-order valence-electron chi connectivity index (χ1n) is 15.6. The fraction of sp³-hybridized carbons (Fsp3) is 0.485. The minimum Gasteiger partial charge on any atom is -0.480 e. The smallest absolute Gasteiger partial charge is 0.410 e. The summed E-state index contributed by atoms with van der Waals surface area (Å²) in [6.45, 7) is 13.6. The highest BCUT2D eigenvalue weighted by molar-refractivity contribution is 7.92. The predicted octanol–water partition coefficient (Wildman–Crippen LogP) is 4.76. The summed E-state index contributed by atoms with van der Waals surface area (Å²) in [6.07, 6.45) is 4.08. The second-order valence-electron chi connectivity index (χ2n) is 13.0. The molecule has 4 heterocycles. The monoisotopic (exact) mass is 670 g/mol. The maximum absolute atomic E-state index is 15.5. The van der Waals surface area contributed by atoms with E-state index in [9.17, 15) is 13.2 Å². The Labute approximate surface area is 275 Å². The minimum absolute atomic E-state index is 0.0460. The fourth-order valence-electron chi connectivity index (χ4n) is 6.00. The molecule has 47 heavy (non-hydrogen) atoms. The Bertz CT molecular complexity index is 1680. The number of anilines is 2. The Morgan fingerprint density at radius 3 is 2.40 bits per heavy atom. The Balaban J connectivity index is 1.29. The second kappa shape index (κ2) is 14.0. The highest BCUT2D eigenvalue weighted by atomic mass is 32.2. The lowest BCUT2D eigenvalue weighted by Crippen LogP contribution is -2.59. The van der Waals surface area contributed by atoms with Crippen molar-refractivity contribution in [3.63, 3.8) is 0 Å². The van der Waals surface area contributed by atoms with Gasteiger partial charge < -0.3 is 24.0 Å². The molecular weight excluding hydrogens is 627 g/mol. The van der Waals surface area contributed by atoms with Gasteiger partial charge in [-0.05, 0) is 58.4 Å². The molecule has 2 fully saturated rings. The number of hydrogen-bond acceptors (Lipinski definition) is 10. The first kappa shape index (κ1) is 34.3. The lowest BCUT2D eigenvalue weighted by Gasteiger charge is -2.44. The largest absolute Gasteiger partial charge is 0.480 e. The van der Waals surface area contributed by atoms with Crippen LogP contribution in [-0.4, -0.2) is 98.5 Å². The third-order valence-electron chi connectivity index (χ3n) is 8.00. The molecule has 254 valence electrons. The molecule has 3 aromatic rings. The van der Waals surface area contributed by atoms with Gasteiger partial charge in [-0.3, -0.25) is 14.6 Å². The molecule has 12 nitrogen and oxygen atoms in total. The third-order valence-corrected chi connectivity index (χ3v) is 9.38. The number of hydrogen-bond donors (Lipinski definition) is 1. The number of piperazine rings is 1. The Kier molecular flexibility index (Phi) is 10.2. The summed E-state index contributed by atoms with van der Waals surface area (Å²) >= 11 is 0. The molecule has 2 saturated heterocycles. The normalized spacial score (nSPS) is 19.4. The molecule has 14 heteroatoms. The first-order chi connectivity index (χ1) is 22.2. The van der Waals surface area contributed by atoms with Gasteiger partial charge in [0.2, 0.25) is 5.88 Å². The van der Waals surface area contributed by atoms with Crippen LogP contribution in [0.2, 0.25) is 0 Å². The quantitative estimate of drug-likeness (QED) is 0.359. The van der Waals surface area contributed by atoms with Crippen molar-refractivity contribution >= 4 is 27.5 Å². The average Bonchev–Trinajstić information content (AvgIpc) is 3.00. The van der Waals surface area contributed by atoms with Crippen molar-refractivity contribution in [2.24, 2.45) is 0 Å². The summed E-state index contributed by atoms with van der Waals surface area (Å²) in [4.78, 5) is 27.0. The van der Waals surface area contributed by atoms with E-state index in [4.69, 9.17) is 14.2 Å². The summed E-state index contributed by atoms with van der Waals surface area (Å²) in [7, 11) is -2.79. The van der Waals surface area contributed by atoms with E-state index in [1.807, 2.05) is 45.6 Å². The molecule has 2 atom stereocenters. The number of nitrogens with one attached hydrogen (secondary N) is 1. The number of sulfonamides is 1. The van der Waals surface area contributed by atoms with Gasteiger partial charge in [0.15, 0.2) is 4.90 Å². The van der Waals surface area contributed by atoms with E-state index in [0.29, 0.717) is 57.2 Å². The van der Waals surface area contributed by atoms with Crippen LogP contribution in [0.5, 0.6) is 5.88 Å². The lowest BCUT2D eigenvalue weighted by atomic mass is 10.0. The van der Waals surface area contributed by atoms with Gasteiger partial charge >= 0.3 is 6.09 Å². The fourth-order valence-corrected chi connectivity index (χ4v) is 7.17. The van der Waals surface area contributed by atoms with E-state index in [-0.39, 0.29) is 40.2 Å². The molecular formula is C33H43FN6O6S. The molecule has 0 unspecified atom stereocenters. The number of carbonyl (C=O) groups excluding carboxylic acids is 1. The zero-order chi connectivity index (χ0) is 33.9. The maximum atomic E-state index is 15.5. The molecule has 2 aromatic heterocycles. The van der Waals surface area contributed by atoms with Crippen molar-refractivity contribution in [3.8, 4) is 17.0 Å². The Morgan fingerprint density at radius 2 is 1.77 bits per heavy atom. The van der Waals surface area contributed by atoms with Crippen molar-refractivity contribution in [3.05, 3.63) is 60.3 Å². The van der Waals surface area contributed by atoms with Crippen LogP contribution in [0.4, 0.5) is 20.6 Å². The van der Waals surface area contributed by atoms with Crippen molar-refractivity contribution in [2.75, 3.05) is 56.1 Å². The summed E-state index contributed by atoms with van der Waals surface area (Å²) < 4.78 is 61.4. The van der Waals surface area contributed by atoms with Gasteiger partial charge in [0, 0.05) is 62.1 Å². The van der Waals surface area contributed by atoms with E-state index in [1.54, 1.807) is 17.2 Å². The zero-order valence-electron chi connectivity index (χ0n) is 27.7. The molecule has 0 spiro atoms. The zero-order valence-corrected chi connectivity index (χ0v) is 28.5. The van der Waals surface area contributed by atoms with Crippen LogP contribution in [0.15, 0.2) is 53.8 Å². The number of rotatable bonds is 8. The minimum atomic E-state index is -4.14. The summed E-state index contributed by atoms with van der Waals surface area (Å²) in [5, 5.41) is 0. The van der Waals surface area contributed by atoms with Crippen molar-refractivity contribution in [1.82, 2.24) is 19.8 Å². The molecule has 2 aliphatic rings. The van der Waals surface area contributed by atoms with Crippen LogP contribution in [0.1, 0.15) is 40.2 Å². The third kappa shape index (κ3) is 8.29. The second-order valence-corrected chi connectivity index (χ2v) is 14.6. The SMILES string of the molecule is COc1ncc(N2CCOCC2)cc1S(=O)(=O)Nc1cncc(-c2ccc(CN3C[C@@H](C)N(C(=O)OC(C)(C)C)[C@H](C)C3)cc2F)c1. The summed E-state index contributed by atoms with van der Waals surface area (Å²) in [5.41, 5.74) is 1.70. The highest BCUT2D eigenvalue weighted by Gasteiger charge is 2.35. The van der Waals surface area contributed by atoms with Gasteiger partial charge in [-0.2, -0.15) is 0 Å². The number of halogens is 1. The first-order valence-corrected chi connectivity index (χ1v) is 17.1. The molecule has 0 saturated carbocycles. The molecule has 0 aliphatic carbocycles. The number of pyridine rings is 2. The van der Waals surface area contributed by atoms with Crippen molar-refractivity contribution in [1.29, 1.82) is 0 Å². The number of methoxy groups -OCH3 is 1. The van der Waals surface area contributed by atoms with Crippen molar-refractivity contribution in [2.45, 2.75) is 63.7 Å². The van der Waals surface area contributed by atoms with Crippen LogP contribution in [0, 0.1) is 5.82 Å². The van der Waals surface area contributed by atoms with E-state index >= 15 is 4.39 Å². The van der Waals surface area contributed by atoms with Gasteiger partial charge in [-0.15, -0.1) is 0 Å². The van der Waals surface area contributed by atoms with Crippen LogP contribution < -0.4 is 14.4 Å². The number of ether oxygens (including phenoxy) is 3. The Morgan fingerprint density at radius 1 is 1.06 bits per heavy atom. The topological polar surface area (TPSA) is 126 Å². The van der Waals surface area contributed by atoms with Crippen LogP contribution >= 0.6 is 0 Å². The predicted molar refractivity (Wildman–Crippen MR) is 177 cm³/mol. The summed E-state index contributed by atoms with van der Waals surface area (Å²) in [6, 6.07) is 7.90. The number of amides is 1. The number of aromatic nitrogens is 2.